The lowest BCUT2D eigenvalue weighted by Gasteiger charge is -2.09. The number of aromatic nitrogens is 2. The van der Waals surface area contributed by atoms with Gasteiger partial charge < -0.3 is 4.55 Å². The Morgan fingerprint density at radius 1 is 0.788 bits per heavy atom. The van der Waals surface area contributed by atoms with Crippen molar-refractivity contribution in [2.45, 2.75) is 25.8 Å². The van der Waals surface area contributed by atoms with Gasteiger partial charge in [-0.2, -0.15) is 13.2 Å². The van der Waals surface area contributed by atoms with Gasteiger partial charge in [-0.1, -0.05) is 48.5 Å². The van der Waals surface area contributed by atoms with Gasteiger partial charge in [0.05, 0.1) is 29.7 Å². The first-order valence-corrected chi connectivity index (χ1v) is 11.0. The molecule has 4 rings (SSSR count). The maximum Gasteiger partial charge on any atom is 0.416 e. The van der Waals surface area contributed by atoms with Gasteiger partial charge in [0.15, 0.2) is 0 Å². The molecule has 0 saturated heterocycles. The summed E-state index contributed by atoms with van der Waals surface area (Å²) < 4.78 is 65.2. The number of para-hydroxylation sites is 2. The van der Waals surface area contributed by atoms with E-state index in [9.17, 15) is 26.7 Å². The normalized spacial score (nSPS) is 12.8. The van der Waals surface area contributed by atoms with Crippen LogP contribution in [-0.2, 0) is 37.1 Å². The van der Waals surface area contributed by atoms with Crippen LogP contribution in [0.1, 0.15) is 22.3 Å². The second kappa shape index (κ2) is 9.34. The standard InChI is InChI=1S/C23H20F3N3O3S/c24-23(25,26)19-11-9-18(10-12-19)15-29-21-4-2-1-3-20(21)28(22(29)30)14-17-7-5-16(6-8-17)13-27-33(31)32/h1-12,27H,13-15H2,(H,31,32)/p-1. The Bertz CT molecular complexity index is 1340. The molecule has 1 heterocycles. The lowest BCUT2D eigenvalue weighted by atomic mass is 10.1. The van der Waals surface area contributed by atoms with Crippen LogP contribution in [0.15, 0.2) is 77.6 Å². The van der Waals surface area contributed by atoms with E-state index in [0.29, 0.717) is 23.1 Å². The molecule has 1 aromatic heterocycles. The lowest BCUT2D eigenvalue weighted by molar-refractivity contribution is -0.137. The van der Waals surface area contributed by atoms with Gasteiger partial charge in [-0.25, -0.2) is 9.52 Å². The van der Waals surface area contributed by atoms with Crippen molar-refractivity contribution in [2.24, 2.45) is 0 Å². The highest BCUT2D eigenvalue weighted by molar-refractivity contribution is 7.77. The number of nitrogens with one attached hydrogen (secondary N) is 1. The lowest BCUT2D eigenvalue weighted by Crippen LogP contribution is -2.25. The Balaban J connectivity index is 1.62. The molecule has 0 aliphatic carbocycles. The van der Waals surface area contributed by atoms with Crippen LogP contribution < -0.4 is 10.4 Å². The summed E-state index contributed by atoms with van der Waals surface area (Å²) in [7, 11) is 0. The first-order valence-electron chi connectivity index (χ1n) is 9.97. The zero-order chi connectivity index (χ0) is 23.6. The van der Waals surface area contributed by atoms with Crippen LogP contribution in [0.25, 0.3) is 11.0 Å². The van der Waals surface area contributed by atoms with E-state index in [1.807, 2.05) is 24.3 Å². The number of benzene rings is 3. The Hall–Kier alpha value is -3.21. The molecule has 0 aliphatic rings. The molecule has 0 fully saturated rings. The quantitative estimate of drug-likeness (QED) is 0.414. The Morgan fingerprint density at radius 2 is 1.24 bits per heavy atom. The van der Waals surface area contributed by atoms with Gasteiger partial charge in [0, 0.05) is 17.8 Å². The summed E-state index contributed by atoms with van der Waals surface area (Å²) in [5.74, 6) is 0. The number of hydrogen-bond donors (Lipinski definition) is 1. The second-order valence-electron chi connectivity index (χ2n) is 7.51. The maximum absolute atomic E-state index is 13.2. The third-order valence-corrected chi connectivity index (χ3v) is 5.68. The number of imidazole rings is 1. The van der Waals surface area contributed by atoms with Crippen molar-refractivity contribution in [3.05, 3.63) is 106 Å². The Labute approximate surface area is 189 Å². The highest BCUT2D eigenvalue weighted by Gasteiger charge is 2.30. The molecule has 0 radical (unpaired) electrons. The Morgan fingerprint density at radius 3 is 1.70 bits per heavy atom. The minimum absolute atomic E-state index is 0.140. The molecule has 0 amide bonds. The topological polar surface area (TPSA) is 79.1 Å². The van der Waals surface area contributed by atoms with Crippen molar-refractivity contribution < 1.29 is 21.9 Å². The van der Waals surface area contributed by atoms with E-state index in [0.717, 1.165) is 23.3 Å². The molecular formula is C23H19F3N3O3S-. The number of rotatable bonds is 7. The summed E-state index contributed by atoms with van der Waals surface area (Å²) in [5, 5.41) is 0. The summed E-state index contributed by atoms with van der Waals surface area (Å²) in [5.41, 5.74) is 2.59. The maximum atomic E-state index is 13.2. The molecule has 0 saturated carbocycles. The zero-order valence-corrected chi connectivity index (χ0v) is 18.0. The molecule has 0 aliphatic heterocycles. The van der Waals surface area contributed by atoms with Crippen LogP contribution in [0, 0.1) is 0 Å². The van der Waals surface area contributed by atoms with E-state index in [1.54, 1.807) is 33.4 Å². The number of alkyl halides is 3. The molecule has 0 bridgehead atoms. The number of fused-ring (bicyclic) bond motifs is 1. The predicted octanol–water partition coefficient (Wildman–Crippen LogP) is 3.80. The van der Waals surface area contributed by atoms with Crippen molar-refractivity contribution in [3.63, 3.8) is 0 Å². The third kappa shape index (κ3) is 5.24. The smallest absolute Gasteiger partial charge is 0.416 e. The molecule has 33 heavy (non-hydrogen) atoms. The van der Waals surface area contributed by atoms with Gasteiger partial charge in [-0.05, 0) is 41.0 Å². The molecule has 1 atom stereocenters. The molecule has 0 spiro atoms. The highest BCUT2D eigenvalue weighted by Crippen LogP contribution is 2.29. The first-order chi connectivity index (χ1) is 15.7. The molecule has 10 heteroatoms. The van der Waals surface area contributed by atoms with Crippen molar-refractivity contribution in [1.29, 1.82) is 0 Å². The molecule has 6 nitrogen and oxygen atoms in total. The minimum Gasteiger partial charge on any atom is -0.760 e. The largest absolute Gasteiger partial charge is 0.760 e. The van der Waals surface area contributed by atoms with Gasteiger partial charge in [0.25, 0.3) is 0 Å². The summed E-state index contributed by atoms with van der Waals surface area (Å²) in [6, 6.07) is 19.2. The van der Waals surface area contributed by atoms with Crippen LogP contribution in [0.4, 0.5) is 13.2 Å². The molecule has 1 N–H and O–H groups in total. The van der Waals surface area contributed by atoms with E-state index in [1.165, 1.54) is 12.1 Å². The monoisotopic (exact) mass is 474 g/mol. The van der Waals surface area contributed by atoms with E-state index in [2.05, 4.69) is 4.72 Å². The first kappa shape index (κ1) is 23.0. The van der Waals surface area contributed by atoms with Gasteiger partial charge in [0.2, 0.25) is 0 Å². The fourth-order valence-corrected chi connectivity index (χ4v) is 3.93. The van der Waals surface area contributed by atoms with E-state index < -0.39 is 23.0 Å². The van der Waals surface area contributed by atoms with Gasteiger partial charge in [-0.15, -0.1) is 0 Å². The molecule has 4 aromatic rings. The predicted molar refractivity (Wildman–Crippen MR) is 118 cm³/mol. The second-order valence-corrected chi connectivity index (χ2v) is 8.27. The summed E-state index contributed by atoms with van der Waals surface area (Å²) in [6.45, 7) is 0.602. The molecule has 3 aromatic carbocycles. The van der Waals surface area contributed by atoms with Crippen molar-refractivity contribution in [3.8, 4) is 0 Å². The van der Waals surface area contributed by atoms with Crippen LogP contribution >= 0.6 is 0 Å². The van der Waals surface area contributed by atoms with Crippen molar-refractivity contribution in [1.82, 2.24) is 13.9 Å². The van der Waals surface area contributed by atoms with Crippen LogP contribution in [0.3, 0.4) is 0 Å². The SMILES string of the molecule is O=c1n(Cc2ccc(CNS(=O)[O-])cc2)c2ccccc2n1Cc1ccc(C(F)(F)F)cc1. The molecule has 1 unspecified atom stereocenters. The van der Waals surface area contributed by atoms with E-state index >= 15 is 0 Å². The molecule has 172 valence electrons. The van der Waals surface area contributed by atoms with Gasteiger partial charge in [-0.3, -0.25) is 13.3 Å². The summed E-state index contributed by atoms with van der Waals surface area (Å²) in [6.07, 6.45) is -4.41. The van der Waals surface area contributed by atoms with E-state index in [-0.39, 0.29) is 18.8 Å². The summed E-state index contributed by atoms with van der Waals surface area (Å²) >= 11 is -2.35. The third-order valence-electron chi connectivity index (χ3n) is 5.30. The van der Waals surface area contributed by atoms with Crippen molar-refractivity contribution in [2.75, 3.05) is 0 Å². The number of halogens is 3. The van der Waals surface area contributed by atoms with E-state index in [4.69, 9.17) is 0 Å². The van der Waals surface area contributed by atoms with Gasteiger partial charge in [0.1, 0.15) is 0 Å². The number of hydrogen-bond acceptors (Lipinski definition) is 3. The molecular weight excluding hydrogens is 455 g/mol. The average molecular weight is 474 g/mol. The average Bonchev–Trinajstić information content (AvgIpc) is 3.04. The Kier molecular flexibility index (Phi) is 6.50. The van der Waals surface area contributed by atoms with Crippen LogP contribution in [-0.4, -0.2) is 17.9 Å². The van der Waals surface area contributed by atoms with Crippen LogP contribution in [0.5, 0.6) is 0 Å². The fourth-order valence-electron chi connectivity index (χ4n) is 3.65. The number of nitrogens with zero attached hydrogens (tertiary/aromatic N) is 2. The minimum atomic E-state index is -4.41. The van der Waals surface area contributed by atoms with Crippen molar-refractivity contribution >= 4 is 22.3 Å². The zero-order valence-electron chi connectivity index (χ0n) is 17.2. The van der Waals surface area contributed by atoms with Crippen LogP contribution in [0.2, 0.25) is 0 Å². The van der Waals surface area contributed by atoms with Gasteiger partial charge >= 0.3 is 11.9 Å². The fraction of sp³-hybridized carbons (Fsp3) is 0.174. The highest BCUT2D eigenvalue weighted by atomic mass is 32.2. The summed E-state index contributed by atoms with van der Waals surface area (Å²) in [4.78, 5) is 13.2.